The predicted molar refractivity (Wildman–Crippen MR) is 145 cm³/mol. The number of rotatable bonds is 12. The molecule has 33 heavy (non-hydrogen) atoms. The van der Waals surface area contributed by atoms with Crippen LogP contribution in [-0.2, 0) is 38.5 Å². The van der Waals surface area contributed by atoms with Crippen LogP contribution in [0.3, 0.4) is 0 Å². The maximum Gasteiger partial charge on any atom is -0.0253 e. The average molecular weight is 441 g/mol. The lowest BCUT2D eigenvalue weighted by Crippen LogP contribution is -2.06. The summed E-state index contributed by atoms with van der Waals surface area (Å²) in [4.78, 5) is 0. The maximum atomic E-state index is 2.44. The van der Waals surface area contributed by atoms with E-state index in [-0.39, 0.29) is 0 Å². The van der Waals surface area contributed by atoms with Gasteiger partial charge in [0, 0.05) is 0 Å². The van der Waals surface area contributed by atoms with Crippen LogP contribution in [0.15, 0.2) is 66.7 Å². The van der Waals surface area contributed by atoms with Crippen LogP contribution < -0.4 is 0 Å². The van der Waals surface area contributed by atoms with Crippen LogP contribution in [0.4, 0.5) is 0 Å². The van der Waals surface area contributed by atoms with Gasteiger partial charge in [-0.2, -0.15) is 0 Å². The van der Waals surface area contributed by atoms with E-state index in [0.717, 1.165) is 12.8 Å². The third kappa shape index (κ3) is 8.18. The van der Waals surface area contributed by atoms with E-state index in [0.29, 0.717) is 11.8 Å². The van der Waals surface area contributed by atoms with E-state index in [1.54, 1.807) is 11.1 Å². The molecule has 3 aromatic rings. The summed E-state index contributed by atoms with van der Waals surface area (Å²) < 4.78 is 0. The van der Waals surface area contributed by atoms with E-state index in [4.69, 9.17) is 0 Å². The Morgan fingerprint density at radius 1 is 0.545 bits per heavy atom. The molecule has 0 bridgehead atoms. The number of aryl methyl sites for hydroxylation is 5. The van der Waals surface area contributed by atoms with Crippen LogP contribution in [0.1, 0.15) is 79.5 Å². The Morgan fingerprint density at radius 2 is 0.970 bits per heavy atom. The van der Waals surface area contributed by atoms with E-state index in [1.807, 2.05) is 0 Å². The van der Waals surface area contributed by atoms with Gasteiger partial charge in [-0.3, -0.25) is 0 Å². The molecule has 0 saturated heterocycles. The second-order valence-electron chi connectivity index (χ2n) is 10.3. The molecule has 0 aliphatic rings. The highest BCUT2D eigenvalue weighted by atomic mass is 14.2. The predicted octanol–water partition coefficient (Wildman–Crippen LogP) is 8.74. The zero-order valence-corrected chi connectivity index (χ0v) is 21.7. The molecule has 0 heterocycles. The summed E-state index contributed by atoms with van der Waals surface area (Å²) in [5.41, 5.74) is 10.3. The maximum absolute atomic E-state index is 2.44. The van der Waals surface area contributed by atoms with E-state index in [2.05, 4.69) is 101 Å². The molecule has 176 valence electrons. The van der Waals surface area contributed by atoms with Gasteiger partial charge in [0.1, 0.15) is 0 Å². The molecule has 0 saturated carbocycles. The molecule has 0 spiro atoms. The molecule has 0 heteroatoms. The Kier molecular flexibility index (Phi) is 9.79. The van der Waals surface area contributed by atoms with Crippen LogP contribution in [-0.4, -0.2) is 0 Å². The van der Waals surface area contributed by atoms with E-state index < -0.39 is 0 Å². The van der Waals surface area contributed by atoms with Gasteiger partial charge in [-0.05, 0) is 104 Å². The second kappa shape index (κ2) is 12.8. The van der Waals surface area contributed by atoms with Crippen molar-refractivity contribution in [1.29, 1.82) is 0 Å². The number of benzene rings is 3. The van der Waals surface area contributed by atoms with Crippen LogP contribution in [0.2, 0.25) is 0 Å². The first-order valence-electron chi connectivity index (χ1n) is 13.2. The van der Waals surface area contributed by atoms with Crippen molar-refractivity contribution in [1.82, 2.24) is 0 Å². The summed E-state index contributed by atoms with van der Waals surface area (Å²) in [5.74, 6) is 1.41. The van der Waals surface area contributed by atoms with Crippen molar-refractivity contribution in [2.24, 2.45) is 11.8 Å². The normalized spacial score (nSPS) is 13.1. The Bertz CT molecular complexity index is 962. The molecular formula is C33H44. The van der Waals surface area contributed by atoms with Crippen LogP contribution in [0.5, 0.6) is 0 Å². The quantitative estimate of drug-likeness (QED) is 0.264. The Labute approximate surface area is 203 Å². The summed E-state index contributed by atoms with van der Waals surface area (Å²) in [5, 5.41) is 0. The average Bonchev–Trinajstić information content (AvgIpc) is 2.83. The number of hydrogen-bond donors (Lipinski definition) is 0. The van der Waals surface area contributed by atoms with Crippen molar-refractivity contribution < 1.29 is 0 Å². The van der Waals surface area contributed by atoms with E-state index in [1.165, 1.54) is 66.3 Å². The molecule has 0 amide bonds. The molecule has 3 rings (SSSR count). The summed E-state index contributed by atoms with van der Waals surface area (Å²) >= 11 is 0. The zero-order valence-electron chi connectivity index (χ0n) is 21.7. The lowest BCUT2D eigenvalue weighted by atomic mass is 9.89. The van der Waals surface area contributed by atoms with Gasteiger partial charge >= 0.3 is 0 Å². The van der Waals surface area contributed by atoms with Gasteiger partial charge < -0.3 is 0 Å². The fourth-order valence-electron chi connectivity index (χ4n) is 4.87. The second-order valence-corrected chi connectivity index (χ2v) is 10.3. The first kappa shape index (κ1) is 25.3. The minimum atomic E-state index is 0.704. The third-order valence-electron chi connectivity index (χ3n) is 7.21. The molecule has 0 N–H and O–H groups in total. The fourth-order valence-corrected chi connectivity index (χ4v) is 4.87. The lowest BCUT2D eigenvalue weighted by molar-refractivity contribution is 0.518. The van der Waals surface area contributed by atoms with E-state index >= 15 is 0 Å². The molecule has 0 fully saturated rings. The van der Waals surface area contributed by atoms with Gasteiger partial charge in [-0.25, -0.2) is 0 Å². The monoisotopic (exact) mass is 440 g/mol. The van der Waals surface area contributed by atoms with E-state index in [9.17, 15) is 0 Å². The Morgan fingerprint density at radius 3 is 1.42 bits per heavy atom. The largest absolute Gasteiger partial charge is 0.0622 e. The lowest BCUT2D eigenvalue weighted by Gasteiger charge is -2.17. The molecule has 0 aliphatic carbocycles. The van der Waals surface area contributed by atoms with Crippen molar-refractivity contribution in [2.75, 3.05) is 0 Å². The van der Waals surface area contributed by atoms with Gasteiger partial charge in [0.05, 0.1) is 0 Å². The van der Waals surface area contributed by atoms with Crippen molar-refractivity contribution in [3.63, 3.8) is 0 Å². The Balaban J connectivity index is 1.53. The fraction of sp³-hybridized carbons (Fsp3) is 0.455. The van der Waals surface area contributed by atoms with Crippen molar-refractivity contribution in [2.45, 2.75) is 86.0 Å². The summed E-state index contributed by atoms with van der Waals surface area (Å²) in [6, 6.07) is 25.6. The van der Waals surface area contributed by atoms with Gasteiger partial charge in [0.2, 0.25) is 0 Å². The standard InChI is InChI=1S/C33H44/c1-6-28-11-15-30(16-12-28)22-25(3)8-19-32-20-9-27(5)24-33(32)21-10-26(4)23-31-17-13-29(7-2)14-18-31/h9,11-18,20,24-26H,6-8,10,19,21-23H2,1-5H3. The molecule has 0 aliphatic heterocycles. The first-order chi connectivity index (χ1) is 16.0. The molecule has 0 aromatic heterocycles. The highest BCUT2D eigenvalue weighted by molar-refractivity contribution is 5.32. The van der Waals surface area contributed by atoms with Crippen LogP contribution >= 0.6 is 0 Å². The topological polar surface area (TPSA) is 0 Å². The van der Waals surface area contributed by atoms with Gasteiger partial charge in [-0.15, -0.1) is 0 Å². The molecular weight excluding hydrogens is 396 g/mol. The highest BCUT2D eigenvalue weighted by Crippen LogP contribution is 2.22. The van der Waals surface area contributed by atoms with Crippen LogP contribution in [0, 0.1) is 18.8 Å². The molecule has 2 unspecified atom stereocenters. The summed E-state index contributed by atoms with van der Waals surface area (Å²) in [6.07, 6.45) is 9.49. The first-order valence-corrected chi connectivity index (χ1v) is 13.2. The Hall–Kier alpha value is -2.34. The summed E-state index contributed by atoms with van der Waals surface area (Å²) in [6.45, 7) is 11.5. The van der Waals surface area contributed by atoms with Gasteiger partial charge in [0.15, 0.2) is 0 Å². The molecule has 3 aromatic carbocycles. The smallest absolute Gasteiger partial charge is 0.0253 e. The zero-order chi connectivity index (χ0) is 23.6. The number of hydrogen-bond acceptors (Lipinski definition) is 0. The van der Waals surface area contributed by atoms with Gasteiger partial charge in [-0.1, -0.05) is 100.0 Å². The van der Waals surface area contributed by atoms with Crippen LogP contribution in [0.25, 0.3) is 0 Å². The highest BCUT2D eigenvalue weighted by Gasteiger charge is 2.10. The SMILES string of the molecule is CCc1ccc(CC(C)CCc2ccc(C)cc2CCC(C)Cc2ccc(CC)cc2)cc1. The minimum Gasteiger partial charge on any atom is -0.0622 e. The van der Waals surface area contributed by atoms with Crippen molar-refractivity contribution in [3.8, 4) is 0 Å². The third-order valence-corrected chi connectivity index (χ3v) is 7.21. The molecule has 0 radical (unpaired) electrons. The van der Waals surface area contributed by atoms with Crippen molar-refractivity contribution in [3.05, 3.63) is 106 Å². The van der Waals surface area contributed by atoms with Gasteiger partial charge in [0.25, 0.3) is 0 Å². The summed E-state index contributed by atoms with van der Waals surface area (Å²) in [7, 11) is 0. The van der Waals surface area contributed by atoms with Crippen molar-refractivity contribution >= 4 is 0 Å². The molecule has 2 atom stereocenters. The minimum absolute atomic E-state index is 0.704. The molecule has 0 nitrogen and oxygen atoms in total.